The number of nitrogens with one attached hydrogen (secondary N) is 2. The first kappa shape index (κ1) is 25.8. The third kappa shape index (κ3) is 10.9. The van der Waals surface area contributed by atoms with Gasteiger partial charge < -0.3 is 20.3 Å². The van der Waals surface area contributed by atoms with E-state index in [1.807, 2.05) is 25.4 Å². The average Bonchev–Trinajstić information content (AvgIpc) is 2.74. The highest BCUT2D eigenvalue weighted by molar-refractivity contribution is 14.0. The number of anilines is 1. The second kappa shape index (κ2) is 16.6. The van der Waals surface area contributed by atoms with Gasteiger partial charge in [-0.2, -0.15) is 0 Å². The third-order valence-electron chi connectivity index (χ3n) is 4.67. The van der Waals surface area contributed by atoms with Crippen LogP contribution in [0.1, 0.15) is 33.1 Å². The highest BCUT2D eigenvalue weighted by Gasteiger charge is 2.18. The number of aromatic nitrogens is 2. The fourth-order valence-corrected chi connectivity index (χ4v) is 3.13. The van der Waals surface area contributed by atoms with Crippen LogP contribution in [0.25, 0.3) is 0 Å². The molecule has 0 spiro atoms. The van der Waals surface area contributed by atoms with Crippen molar-refractivity contribution in [1.82, 2.24) is 25.5 Å². The van der Waals surface area contributed by atoms with Gasteiger partial charge in [-0.1, -0.05) is 0 Å². The van der Waals surface area contributed by atoms with Crippen LogP contribution in [0.15, 0.2) is 23.5 Å². The summed E-state index contributed by atoms with van der Waals surface area (Å²) >= 11 is 0. The Hall–Kier alpha value is -1.20. The van der Waals surface area contributed by atoms with Gasteiger partial charge in [0.1, 0.15) is 0 Å². The fraction of sp³-hybridized carbons (Fsp3) is 0.750. The standard InChI is InChI=1S/C20H37N7O.HI/c1-3-21-19(22-9-5-6-18-28-4-2)23-12-8-13-26-14-16-27(17-15-26)20-24-10-7-11-25-20;/h7,10-11H,3-6,8-9,12-18H2,1-2H3,(H2,21,22,23);1H. The minimum atomic E-state index is 0. The molecule has 2 N–H and O–H groups in total. The van der Waals surface area contributed by atoms with E-state index < -0.39 is 0 Å². The molecule has 1 fully saturated rings. The Morgan fingerprint density at radius 1 is 1.07 bits per heavy atom. The van der Waals surface area contributed by atoms with Crippen molar-refractivity contribution >= 4 is 35.9 Å². The van der Waals surface area contributed by atoms with Gasteiger partial charge in [0.15, 0.2) is 5.96 Å². The Labute approximate surface area is 192 Å². The van der Waals surface area contributed by atoms with Gasteiger partial charge in [0, 0.05) is 78.0 Å². The number of ether oxygens (including phenoxy) is 1. The van der Waals surface area contributed by atoms with E-state index in [-0.39, 0.29) is 24.0 Å². The van der Waals surface area contributed by atoms with E-state index >= 15 is 0 Å². The van der Waals surface area contributed by atoms with E-state index in [0.717, 1.165) is 96.7 Å². The molecule has 2 rings (SSSR count). The largest absolute Gasteiger partial charge is 0.382 e. The molecule has 166 valence electrons. The Kier molecular flexibility index (Phi) is 14.8. The van der Waals surface area contributed by atoms with Crippen LogP contribution in [-0.2, 0) is 4.74 Å². The number of hydrogen-bond donors (Lipinski definition) is 2. The Balaban J connectivity index is 0.00000420. The maximum absolute atomic E-state index is 5.37. The van der Waals surface area contributed by atoms with Crippen molar-refractivity contribution in [2.45, 2.75) is 33.1 Å². The molecule has 1 aliphatic rings. The van der Waals surface area contributed by atoms with Gasteiger partial charge in [-0.15, -0.1) is 24.0 Å². The number of piperazine rings is 1. The lowest BCUT2D eigenvalue weighted by Crippen LogP contribution is -2.47. The molecular weight excluding hydrogens is 481 g/mol. The maximum atomic E-state index is 5.37. The SMILES string of the molecule is CCNC(=NCCCN1CCN(c2ncccn2)CC1)NCCCCOCC.I. The molecule has 0 bridgehead atoms. The quantitative estimate of drug-likeness (QED) is 0.189. The highest BCUT2D eigenvalue weighted by Crippen LogP contribution is 2.09. The van der Waals surface area contributed by atoms with Crippen molar-refractivity contribution < 1.29 is 4.74 Å². The lowest BCUT2D eigenvalue weighted by atomic mass is 10.3. The normalized spacial score (nSPS) is 15.1. The summed E-state index contributed by atoms with van der Waals surface area (Å²) in [7, 11) is 0. The lowest BCUT2D eigenvalue weighted by molar-refractivity contribution is 0.143. The molecule has 1 saturated heterocycles. The minimum absolute atomic E-state index is 0. The molecule has 8 nitrogen and oxygen atoms in total. The minimum Gasteiger partial charge on any atom is -0.382 e. The molecule has 2 heterocycles. The molecule has 1 aromatic rings. The Morgan fingerprint density at radius 2 is 1.83 bits per heavy atom. The number of guanidine groups is 1. The summed E-state index contributed by atoms with van der Waals surface area (Å²) in [6.07, 6.45) is 6.87. The molecular formula is C20H38IN7O. The molecule has 0 aromatic carbocycles. The monoisotopic (exact) mass is 519 g/mol. The molecule has 1 aromatic heterocycles. The summed E-state index contributed by atoms with van der Waals surface area (Å²) in [6, 6.07) is 1.86. The number of aliphatic imine (C=N–C) groups is 1. The zero-order valence-corrected chi connectivity index (χ0v) is 20.3. The molecule has 9 heteroatoms. The second-order valence-electron chi connectivity index (χ2n) is 6.82. The predicted molar refractivity (Wildman–Crippen MR) is 130 cm³/mol. The molecule has 0 atom stereocenters. The van der Waals surface area contributed by atoms with Crippen LogP contribution in [-0.4, -0.2) is 86.4 Å². The van der Waals surface area contributed by atoms with Crippen molar-refractivity contribution in [2.24, 2.45) is 4.99 Å². The number of nitrogens with zero attached hydrogens (tertiary/aromatic N) is 5. The number of unbranched alkanes of at least 4 members (excludes halogenated alkanes) is 1. The summed E-state index contributed by atoms with van der Waals surface area (Å²) < 4.78 is 5.37. The van der Waals surface area contributed by atoms with Crippen molar-refractivity contribution in [1.29, 1.82) is 0 Å². The van der Waals surface area contributed by atoms with Gasteiger partial charge in [-0.3, -0.25) is 9.89 Å². The lowest BCUT2D eigenvalue weighted by Gasteiger charge is -2.34. The third-order valence-corrected chi connectivity index (χ3v) is 4.67. The van der Waals surface area contributed by atoms with Crippen LogP contribution >= 0.6 is 24.0 Å². The van der Waals surface area contributed by atoms with Crippen LogP contribution in [0, 0.1) is 0 Å². The smallest absolute Gasteiger partial charge is 0.225 e. The van der Waals surface area contributed by atoms with Crippen molar-refractivity contribution in [2.75, 3.05) is 70.5 Å². The van der Waals surface area contributed by atoms with Crippen LogP contribution in [0.2, 0.25) is 0 Å². The van der Waals surface area contributed by atoms with Crippen molar-refractivity contribution in [3.63, 3.8) is 0 Å². The van der Waals surface area contributed by atoms with E-state index in [0.29, 0.717) is 0 Å². The van der Waals surface area contributed by atoms with E-state index in [9.17, 15) is 0 Å². The maximum Gasteiger partial charge on any atom is 0.225 e. The average molecular weight is 519 g/mol. The second-order valence-corrected chi connectivity index (χ2v) is 6.82. The van der Waals surface area contributed by atoms with Crippen LogP contribution in [0.5, 0.6) is 0 Å². The Bertz CT molecular complexity index is 539. The van der Waals surface area contributed by atoms with Crippen molar-refractivity contribution in [3.8, 4) is 0 Å². The zero-order valence-electron chi connectivity index (χ0n) is 18.0. The van der Waals surface area contributed by atoms with Gasteiger partial charge in [0.05, 0.1) is 0 Å². The first-order valence-electron chi connectivity index (χ1n) is 10.7. The number of halogens is 1. The van der Waals surface area contributed by atoms with Gasteiger partial charge in [0.2, 0.25) is 5.95 Å². The topological polar surface area (TPSA) is 77.9 Å². The van der Waals surface area contributed by atoms with Crippen molar-refractivity contribution in [3.05, 3.63) is 18.5 Å². The van der Waals surface area contributed by atoms with Crippen LogP contribution in [0.3, 0.4) is 0 Å². The van der Waals surface area contributed by atoms with Crippen LogP contribution < -0.4 is 15.5 Å². The molecule has 0 unspecified atom stereocenters. The van der Waals surface area contributed by atoms with E-state index in [1.165, 1.54) is 0 Å². The summed E-state index contributed by atoms with van der Waals surface area (Å²) in [5.41, 5.74) is 0. The van der Waals surface area contributed by atoms with Gasteiger partial charge in [0.25, 0.3) is 0 Å². The molecule has 0 saturated carbocycles. The zero-order chi connectivity index (χ0) is 19.9. The Morgan fingerprint density at radius 3 is 2.52 bits per heavy atom. The highest BCUT2D eigenvalue weighted by atomic mass is 127. The van der Waals surface area contributed by atoms with Gasteiger partial charge >= 0.3 is 0 Å². The fourth-order valence-electron chi connectivity index (χ4n) is 3.13. The number of rotatable bonds is 12. The summed E-state index contributed by atoms with van der Waals surface area (Å²) in [5, 5.41) is 6.73. The first-order chi connectivity index (χ1) is 13.8. The summed E-state index contributed by atoms with van der Waals surface area (Å²) in [5.74, 6) is 1.76. The van der Waals surface area contributed by atoms with E-state index in [2.05, 4.69) is 37.3 Å². The molecule has 29 heavy (non-hydrogen) atoms. The van der Waals surface area contributed by atoms with E-state index in [4.69, 9.17) is 9.73 Å². The number of hydrogen-bond acceptors (Lipinski definition) is 6. The van der Waals surface area contributed by atoms with Gasteiger partial charge in [-0.05, 0) is 39.2 Å². The molecule has 0 aliphatic carbocycles. The van der Waals surface area contributed by atoms with Gasteiger partial charge in [-0.25, -0.2) is 9.97 Å². The molecule has 1 aliphatic heterocycles. The summed E-state index contributed by atoms with van der Waals surface area (Å²) in [6.45, 7) is 13.6. The molecule has 0 amide bonds. The molecule has 0 radical (unpaired) electrons. The first-order valence-corrected chi connectivity index (χ1v) is 10.7. The van der Waals surface area contributed by atoms with Crippen LogP contribution in [0.4, 0.5) is 5.95 Å². The van der Waals surface area contributed by atoms with E-state index in [1.54, 1.807) is 0 Å². The summed E-state index contributed by atoms with van der Waals surface area (Å²) in [4.78, 5) is 18.1. The predicted octanol–water partition coefficient (Wildman–Crippen LogP) is 1.98.